The molecule has 6 aliphatic carbocycles. The van der Waals surface area contributed by atoms with E-state index < -0.39 is 12.2 Å². The second-order valence-corrected chi connectivity index (χ2v) is 19.3. The summed E-state index contributed by atoms with van der Waals surface area (Å²) in [7, 11) is 0. The van der Waals surface area contributed by atoms with E-state index in [2.05, 4.69) is 48.5 Å². The van der Waals surface area contributed by atoms with Crippen LogP contribution in [0.1, 0.15) is 158 Å². The van der Waals surface area contributed by atoms with E-state index in [1.807, 2.05) is 6.92 Å². The van der Waals surface area contributed by atoms with Crippen LogP contribution >= 0.6 is 0 Å². The van der Waals surface area contributed by atoms with Crippen molar-refractivity contribution in [2.45, 2.75) is 170 Å². The summed E-state index contributed by atoms with van der Waals surface area (Å²) < 4.78 is 0. The van der Waals surface area contributed by atoms with Crippen molar-refractivity contribution in [3.8, 4) is 0 Å². The summed E-state index contributed by atoms with van der Waals surface area (Å²) >= 11 is 0. The van der Waals surface area contributed by atoms with Crippen molar-refractivity contribution in [3.63, 3.8) is 0 Å². The molecule has 0 amide bonds. The Bertz CT molecular complexity index is 945. The van der Waals surface area contributed by atoms with Crippen LogP contribution in [0.3, 0.4) is 0 Å². The quantitative estimate of drug-likeness (QED) is 0.331. The van der Waals surface area contributed by atoms with E-state index in [1.54, 1.807) is 0 Å². The van der Waals surface area contributed by atoms with Gasteiger partial charge in [-0.25, -0.2) is 0 Å². The number of hydrogen-bond donors (Lipinski definition) is 2. The minimum Gasteiger partial charge on any atom is -0.393 e. The molecule has 2 heteroatoms. The summed E-state index contributed by atoms with van der Waals surface area (Å²) in [6.45, 7) is 19.8. The molecule has 14 unspecified atom stereocenters. The van der Waals surface area contributed by atoms with Crippen LogP contribution in [0, 0.1) is 87.3 Å². The van der Waals surface area contributed by atoms with Gasteiger partial charge in [-0.05, 0) is 121 Å². The molecule has 6 aliphatic rings. The lowest BCUT2D eigenvalue weighted by Gasteiger charge is -2.72. The van der Waals surface area contributed by atoms with Gasteiger partial charge in [0.2, 0.25) is 0 Å². The molecule has 6 fully saturated rings. The van der Waals surface area contributed by atoms with Crippen LogP contribution in [0.4, 0.5) is 0 Å². The van der Waals surface area contributed by atoms with Gasteiger partial charge >= 0.3 is 0 Å². The zero-order valence-corrected chi connectivity index (χ0v) is 29.8. The van der Waals surface area contributed by atoms with Gasteiger partial charge in [0, 0.05) is 11.3 Å². The molecule has 0 aromatic rings. The van der Waals surface area contributed by atoms with E-state index in [0.717, 1.165) is 53.8 Å². The topological polar surface area (TPSA) is 40.5 Å². The Morgan fingerprint density at radius 1 is 0.721 bits per heavy atom. The van der Waals surface area contributed by atoms with Gasteiger partial charge in [-0.15, -0.1) is 0 Å². The molecule has 43 heavy (non-hydrogen) atoms. The molecule has 0 radical (unpaired) electrons. The highest BCUT2D eigenvalue weighted by Gasteiger charge is 2.69. The summed E-state index contributed by atoms with van der Waals surface area (Å²) in [6.07, 6.45) is 22.6. The van der Waals surface area contributed by atoms with Crippen LogP contribution < -0.4 is 0 Å². The van der Waals surface area contributed by atoms with E-state index >= 15 is 0 Å². The summed E-state index contributed by atoms with van der Waals surface area (Å²) in [5.74, 6) is 8.81. The Balaban J connectivity index is 1.19. The molecule has 0 saturated heterocycles. The lowest BCUT2D eigenvalue weighted by atomic mass is 9.33. The van der Waals surface area contributed by atoms with Crippen molar-refractivity contribution < 1.29 is 10.2 Å². The van der Waals surface area contributed by atoms with E-state index in [4.69, 9.17) is 0 Å². The van der Waals surface area contributed by atoms with Crippen molar-refractivity contribution in [2.24, 2.45) is 87.3 Å². The number of aliphatic hydroxyl groups excluding tert-OH is 2. The van der Waals surface area contributed by atoms with Gasteiger partial charge in [-0.3, -0.25) is 0 Å². The first-order chi connectivity index (χ1) is 20.3. The number of fused-ring (bicyclic) bond motifs is 3. The lowest BCUT2D eigenvalue weighted by molar-refractivity contribution is -0.270. The van der Waals surface area contributed by atoms with Crippen molar-refractivity contribution in [1.82, 2.24) is 0 Å². The number of hydrogen-bond acceptors (Lipinski definition) is 2. The summed E-state index contributed by atoms with van der Waals surface area (Å²) in [5.41, 5.74) is 0.345. The molecular weight excluding hydrogens is 524 g/mol. The maximum Gasteiger partial charge on any atom is 0.0656 e. The normalized spacial score (nSPS) is 55.1. The Morgan fingerprint density at radius 2 is 1.35 bits per heavy atom. The zero-order valence-electron chi connectivity index (χ0n) is 29.8. The summed E-state index contributed by atoms with van der Waals surface area (Å²) in [4.78, 5) is 0. The van der Waals surface area contributed by atoms with Crippen molar-refractivity contribution >= 4 is 0 Å². The average Bonchev–Trinajstić information content (AvgIpc) is 2.94. The van der Waals surface area contributed by atoms with Crippen molar-refractivity contribution in [2.75, 3.05) is 0 Å². The third-order valence-corrected chi connectivity index (χ3v) is 17.1. The lowest BCUT2D eigenvalue weighted by Crippen LogP contribution is -2.69. The molecule has 14 atom stereocenters. The molecular formula is C41H72O2. The van der Waals surface area contributed by atoms with Gasteiger partial charge in [0.1, 0.15) is 0 Å². The van der Waals surface area contributed by atoms with Crippen LogP contribution in [0.2, 0.25) is 0 Å². The summed E-state index contributed by atoms with van der Waals surface area (Å²) in [5, 5.41) is 22.9. The predicted octanol–water partition coefficient (Wildman–Crippen LogP) is 10.5. The highest BCUT2D eigenvalue weighted by atomic mass is 16.3. The third kappa shape index (κ3) is 5.43. The molecule has 0 aromatic carbocycles. The maximum absolute atomic E-state index is 12.1. The summed E-state index contributed by atoms with van der Waals surface area (Å²) in [6, 6.07) is 0. The van der Waals surface area contributed by atoms with Crippen LogP contribution in [0.15, 0.2) is 0 Å². The minimum absolute atomic E-state index is 0.00713. The molecule has 0 aromatic heterocycles. The van der Waals surface area contributed by atoms with Gasteiger partial charge in [0.25, 0.3) is 0 Å². The Morgan fingerprint density at radius 3 is 1.98 bits per heavy atom. The van der Waals surface area contributed by atoms with Crippen LogP contribution in [-0.2, 0) is 0 Å². The largest absolute Gasteiger partial charge is 0.393 e. The molecule has 2 N–H and O–H groups in total. The van der Waals surface area contributed by atoms with Crippen LogP contribution in [0.5, 0.6) is 0 Å². The monoisotopic (exact) mass is 597 g/mol. The first-order valence-electron chi connectivity index (χ1n) is 19.7. The molecule has 0 aliphatic heterocycles. The van der Waals surface area contributed by atoms with Crippen LogP contribution in [-0.4, -0.2) is 22.4 Å². The van der Waals surface area contributed by atoms with Gasteiger partial charge in [0.15, 0.2) is 0 Å². The van der Waals surface area contributed by atoms with Gasteiger partial charge in [-0.1, -0.05) is 113 Å². The highest BCUT2D eigenvalue weighted by Crippen LogP contribution is 2.74. The first-order valence-corrected chi connectivity index (χ1v) is 19.7. The van der Waals surface area contributed by atoms with Crippen LogP contribution in [0.25, 0.3) is 0 Å². The van der Waals surface area contributed by atoms with E-state index in [-0.39, 0.29) is 16.7 Å². The Hall–Kier alpha value is -0.0800. The molecule has 6 saturated carbocycles. The molecule has 0 heterocycles. The first kappa shape index (κ1) is 32.8. The maximum atomic E-state index is 12.1. The number of aliphatic hydroxyl groups is 2. The average molecular weight is 597 g/mol. The van der Waals surface area contributed by atoms with E-state index in [1.165, 1.54) is 96.3 Å². The second-order valence-electron chi connectivity index (χ2n) is 19.3. The molecule has 6 rings (SSSR count). The molecule has 248 valence electrons. The third-order valence-electron chi connectivity index (χ3n) is 17.1. The fraction of sp³-hybridized carbons (Fsp3) is 1.00. The second kappa shape index (κ2) is 12.2. The van der Waals surface area contributed by atoms with Gasteiger partial charge in [0.05, 0.1) is 12.2 Å². The van der Waals surface area contributed by atoms with Gasteiger partial charge in [-0.2, -0.15) is 0 Å². The molecule has 0 bridgehead atoms. The van der Waals surface area contributed by atoms with E-state index in [0.29, 0.717) is 23.2 Å². The standard InChI is InChI=1S/C41H72O2/c1-25-14-21-33(32-19-17-31(18-20-32)16-15-30-12-10-9-11-13-30)34-23-39(6)24-40(7)22-26(2)36(29(5)42)38(43)41(40,8)28(4)37(39)27(3)35(25)34/h25-38,42-43H,9-24H2,1-8H3. The van der Waals surface area contributed by atoms with Crippen molar-refractivity contribution in [3.05, 3.63) is 0 Å². The Labute approximate surface area is 267 Å². The Kier molecular flexibility index (Phi) is 9.30. The smallest absolute Gasteiger partial charge is 0.0656 e. The fourth-order valence-electron chi connectivity index (χ4n) is 15.2. The zero-order chi connectivity index (χ0) is 30.9. The van der Waals surface area contributed by atoms with E-state index in [9.17, 15) is 10.2 Å². The fourth-order valence-corrected chi connectivity index (χ4v) is 15.2. The number of rotatable bonds is 5. The van der Waals surface area contributed by atoms with Gasteiger partial charge < -0.3 is 10.2 Å². The minimum atomic E-state index is -0.443. The predicted molar refractivity (Wildman–Crippen MR) is 180 cm³/mol. The molecule has 0 spiro atoms. The molecule has 2 nitrogen and oxygen atoms in total. The van der Waals surface area contributed by atoms with Crippen molar-refractivity contribution in [1.29, 1.82) is 0 Å². The SMILES string of the molecule is CC(O)C1C(C)CC2(C)CC3(C)CC4C(C5CCC(CCC6CCCCC6)CC5)CCC(C)C4C(C)C3C(C)C2(C)C1O. The highest BCUT2D eigenvalue weighted by molar-refractivity contribution is 5.18.